The third kappa shape index (κ3) is 2.96. The van der Waals surface area contributed by atoms with Crippen molar-refractivity contribution in [3.8, 4) is 5.75 Å². The summed E-state index contributed by atoms with van der Waals surface area (Å²) < 4.78 is 5.47. The van der Waals surface area contributed by atoms with Gasteiger partial charge in [-0.15, -0.1) is 0 Å². The van der Waals surface area contributed by atoms with Crippen molar-refractivity contribution in [3.63, 3.8) is 0 Å². The molecular formula is C15H19BrClNO2. The minimum absolute atomic E-state index is 0.00742. The molecule has 0 unspecified atom stereocenters. The summed E-state index contributed by atoms with van der Waals surface area (Å²) in [6.45, 7) is 5.10. The highest BCUT2D eigenvalue weighted by molar-refractivity contribution is 9.09. The highest BCUT2D eigenvalue weighted by Gasteiger charge is 2.34. The largest absolute Gasteiger partial charge is 0.482 e. The lowest BCUT2D eigenvalue weighted by Crippen LogP contribution is -2.46. The second-order valence-electron chi connectivity index (χ2n) is 5.22. The minimum atomic E-state index is -0.00742. The predicted octanol–water partition coefficient (Wildman–Crippen LogP) is 4.27. The summed E-state index contributed by atoms with van der Waals surface area (Å²) in [6.07, 6.45) is 2.02. The molecule has 0 bridgehead atoms. The van der Waals surface area contributed by atoms with Crippen molar-refractivity contribution in [2.24, 2.45) is 5.41 Å². The number of hydrogen-bond donors (Lipinski definition) is 0. The van der Waals surface area contributed by atoms with Gasteiger partial charge in [0.05, 0.1) is 5.69 Å². The van der Waals surface area contributed by atoms with E-state index in [1.165, 1.54) is 0 Å². The van der Waals surface area contributed by atoms with E-state index in [1.807, 2.05) is 11.0 Å². The first-order valence-corrected chi connectivity index (χ1v) is 8.34. The van der Waals surface area contributed by atoms with E-state index in [2.05, 4.69) is 29.8 Å². The van der Waals surface area contributed by atoms with Crippen LogP contribution < -0.4 is 9.64 Å². The Morgan fingerprint density at radius 2 is 2.10 bits per heavy atom. The molecule has 0 radical (unpaired) electrons. The lowest BCUT2D eigenvalue weighted by Gasteiger charge is -2.38. The average molecular weight is 361 g/mol. The standard InChI is InChI=1S/C15H19BrClNO2/c1-3-15(4-2,9-16)10-18-12-7-11(17)5-6-13(12)20-8-14(18)19/h5-7H,3-4,8-10H2,1-2H3. The fourth-order valence-corrected chi connectivity index (χ4v) is 3.53. The van der Waals surface area contributed by atoms with Gasteiger partial charge >= 0.3 is 0 Å². The van der Waals surface area contributed by atoms with Crippen LogP contribution in [0.15, 0.2) is 18.2 Å². The highest BCUT2D eigenvalue weighted by atomic mass is 79.9. The number of carbonyl (C=O) groups is 1. The summed E-state index contributed by atoms with van der Waals surface area (Å²) in [5.41, 5.74) is 0.855. The number of alkyl halides is 1. The maximum Gasteiger partial charge on any atom is 0.265 e. The lowest BCUT2D eigenvalue weighted by atomic mass is 9.84. The molecule has 0 fully saturated rings. The van der Waals surface area contributed by atoms with Crippen LogP contribution >= 0.6 is 27.5 Å². The zero-order valence-electron chi connectivity index (χ0n) is 11.8. The van der Waals surface area contributed by atoms with Crippen LogP contribution in [0.4, 0.5) is 5.69 Å². The first kappa shape index (κ1) is 15.6. The molecule has 2 rings (SSSR count). The van der Waals surface area contributed by atoms with E-state index in [1.54, 1.807) is 12.1 Å². The van der Waals surface area contributed by atoms with Crippen LogP contribution in [0.2, 0.25) is 5.02 Å². The molecule has 1 aromatic rings. The van der Waals surface area contributed by atoms with Gasteiger partial charge < -0.3 is 9.64 Å². The van der Waals surface area contributed by atoms with Gasteiger partial charge in [0.2, 0.25) is 0 Å². The van der Waals surface area contributed by atoms with Crippen LogP contribution in [-0.4, -0.2) is 24.4 Å². The topological polar surface area (TPSA) is 29.5 Å². The quantitative estimate of drug-likeness (QED) is 0.734. The van der Waals surface area contributed by atoms with Crippen molar-refractivity contribution in [1.82, 2.24) is 0 Å². The van der Waals surface area contributed by atoms with Crippen molar-refractivity contribution < 1.29 is 9.53 Å². The summed E-state index contributed by atoms with van der Waals surface area (Å²) >= 11 is 9.66. The normalized spacial score (nSPS) is 15.0. The zero-order valence-corrected chi connectivity index (χ0v) is 14.1. The number of fused-ring (bicyclic) bond motifs is 1. The molecule has 1 heterocycles. The molecular weight excluding hydrogens is 342 g/mol. The molecule has 0 atom stereocenters. The fourth-order valence-electron chi connectivity index (χ4n) is 2.39. The molecule has 3 nitrogen and oxygen atoms in total. The number of carbonyl (C=O) groups excluding carboxylic acids is 1. The molecule has 0 aromatic heterocycles. The van der Waals surface area contributed by atoms with Gasteiger partial charge in [0.25, 0.3) is 5.91 Å². The molecule has 0 aliphatic carbocycles. The summed E-state index contributed by atoms with van der Waals surface area (Å²) in [7, 11) is 0. The van der Waals surface area contributed by atoms with E-state index in [-0.39, 0.29) is 17.9 Å². The molecule has 5 heteroatoms. The molecule has 20 heavy (non-hydrogen) atoms. The Balaban J connectivity index is 2.36. The molecule has 110 valence electrons. The van der Waals surface area contributed by atoms with Gasteiger partial charge in [-0.25, -0.2) is 0 Å². The maximum atomic E-state index is 12.2. The number of benzene rings is 1. The monoisotopic (exact) mass is 359 g/mol. The van der Waals surface area contributed by atoms with Gasteiger partial charge in [0.15, 0.2) is 6.61 Å². The van der Waals surface area contributed by atoms with E-state index in [0.717, 1.165) is 29.6 Å². The molecule has 1 aromatic carbocycles. The summed E-state index contributed by atoms with van der Waals surface area (Å²) in [4.78, 5) is 14.1. The van der Waals surface area contributed by atoms with E-state index in [0.29, 0.717) is 11.6 Å². The zero-order chi connectivity index (χ0) is 14.8. The lowest BCUT2D eigenvalue weighted by molar-refractivity contribution is -0.121. The second-order valence-corrected chi connectivity index (χ2v) is 6.22. The van der Waals surface area contributed by atoms with Crippen molar-refractivity contribution in [2.45, 2.75) is 26.7 Å². The van der Waals surface area contributed by atoms with E-state index in [4.69, 9.17) is 16.3 Å². The van der Waals surface area contributed by atoms with Crippen LogP contribution in [0.5, 0.6) is 5.75 Å². The highest BCUT2D eigenvalue weighted by Crippen LogP contribution is 2.38. The number of halogens is 2. The SMILES string of the molecule is CCC(CC)(CBr)CN1C(=O)COc2ccc(Cl)cc21. The van der Waals surface area contributed by atoms with Gasteiger partial charge in [-0.3, -0.25) is 4.79 Å². The molecule has 0 saturated heterocycles. The van der Waals surface area contributed by atoms with Gasteiger partial charge in [-0.05, 0) is 36.5 Å². The minimum Gasteiger partial charge on any atom is -0.482 e. The van der Waals surface area contributed by atoms with E-state index >= 15 is 0 Å². The summed E-state index contributed by atoms with van der Waals surface area (Å²) in [6, 6.07) is 5.41. The summed E-state index contributed by atoms with van der Waals surface area (Å²) in [5, 5.41) is 1.48. The Morgan fingerprint density at radius 3 is 2.70 bits per heavy atom. The average Bonchev–Trinajstić information content (AvgIpc) is 2.47. The molecule has 1 amide bonds. The smallest absolute Gasteiger partial charge is 0.265 e. The number of rotatable bonds is 5. The number of hydrogen-bond acceptors (Lipinski definition) is 2. The van der Waals surface area contributed by atoms with Crippen LogP contribution in [0, 0.1) is 5.41 Å². The first-order valence-electron chi connectivity index (χ1n) is 6.84. The molecule has 1 aliphatic rings. The van der Waals surface area contributed by atoms with Gasteiger partial charge in [0, 0.05) is 16.9 Å². The number of ether oxygens (including phenoxy) is 1. The second kappa shape index (κ2) is 6.35. The Labute approximate surface area is 133 Å². The van der Waals surface area contributed by atoms with Gasteiger partial charge in [-0.2, -0.15) is 0 Å². The van der Waals surface area contributed by atoms with Crippen LogP contribution in [-0.2, 0) is 4.79 Å². The van der Waals surface area contributed by atoms with Crippen LogP contribution in [0.3, 0.4) is 0 Å². The molecule has 1 aliphatic heterocycles. The van der Waals surface area contributed by atoms with Crippen molar-refractivity contribution in [2.75, 3.05) is 23.4 Å². The van der Waals surface area contributed by atoms with E-state index < -0.39 is 0 Å². The molecule has 0 N–H and O–H groups in total. The third-order valence-electron chi connectivity index (χ3n) is 4.14. The predicted molar refractivity (Wildman–Crippen MR) is 86.1 cm³/mol. The summed E-state index contributed by atoms with van der Waals surface area (Å²) in [5.74, 6) is 0.719. The number of anilines is 1. The number of amides is 1. The van der Waals surface area contributed by atoms with Crippen molar-refractivity contribution in [3.05, 3.63) is 23.2 Å². The number of nitrogens with zero attached hydrogens (tertiary/aromatic N) is 1. The molecule has 0 saturated carbocycles. The van der Waals surface area contributed by atoms with Crippen molar-refractivity contribution >= 4 is 39.1 Å². The first-order chi connectivity index (χ1) is 9.55. The maximum absolute atomic E-state index is 12.2. The molecule has 0 spiro atoms. The van der Waals surface area contributed by atoms with E-state index in [9.17, 15) is 4.79 Å². The van der Waals surface area contributed by atoms with Crippen LogP contribution in [0.25, 0.3) is 0 Å². The Kier molecular flexibility index (Phi) is 4.97. The Hall–Kier alpha value is -0.740. The van der Waals surface area contributed by atoms with Crippen LogP contribution in [0.1, 0.15) is 26.7 Å². The van der Waals surface area contributed by atoms with Gasteiger partial charge in [0.1, 0.15) is 5.75 Å². The Bertz CT molecular complexity index is 494. The third-order valence-corrected chi connectivity index (χ3v) is 5.57. The van der Waals surface area contributed by atoms with Gasteiger partial charge in [-0.1, -0.05) is 41.4 Å². The fraction of sp³-hybridized carbons (Fsp3) is 0.533. The van der Waals surface area contributed by atoms with Crippen molar-refractivity contribution in [1.29, 1.82) is 0 Å². The Morgan fingerprint density at radius 1 is 1.40 bits per heavy atom.